The summed E-state index contributed by atoms with van der Waals surface area (Å²) in [5, 5.41) is 11.3. The van der Waals surface area contributed by atoms with Crippen LogP contribution in [0.25, 0.3) is 0 Å². The molecule has 7 heteroatoms. The van der Waals surface area contributed by atoms with E-state index in [1.54, 1.807) is 30.3 Å². The van der Waals surface area contributed by atoms with E-state index >= 15 is 0 Å². The molecule has 0 radical (unpaired) electrons. The number of nitrogens with two attached hydrogens (primary N) is 2. The lowest BCUT2D eigenvalue weighted by atomic mass is 10.1. The van der Waals surface area contributed by atoms with Crippen molar-refractivity contribution in [3.8, 4) is 0 Å². The lowest BCUT2D eigenvalue weighted by molar-refractivity contribution is -0.142. The zero-order chi connectivity index (χ0) is 15.1. The van der Waals surface area contributed by atoms with Gasteiger partial charge in [0, 0.05) is 6.42 Å². The van der Waals surface area contributed by atoms with E-state index in [2.05, 4.69) is 5.32 Å². The maximum Gasteiger partial charge on any atom is 0.326 e. The van der Waals surface area contributed by atoms with Gasteiger partial charge in [0.05, 0.1) is 0 Å². The van der Waals surface area contributed by atoms with Crippen LogP contribution in [0.4, 0.5) is 0 Å². The average Bonchev–Trinajstić information content (AvgIpc) is 2.42. The van der Waals surface area contributed by atoms with Crippen molar-refractivity contribution in [2.45, 2.75) is 24.9 Å². The molecule has 0 aliphatic rings. The van der Waals surface area contributed by atoms with E-state index in [0.29, 0.717) is 5.56 Å². The van der Waals surface area contributed by atoms with Crippen LogP contribution in [0, 0.1) is 0 Å². The first-order valence-electron chi connectivity index (χ1n) is 6.04. The summed E-state index contributed by atoms with van der Waals surface area (Å²) < 4.78 is 0. The van der Waals surface area contributed by atoms with Crippen molar-refractivity contribution in [2.24, 2.45) is 11.5 Å². The van der Waals surface area contributed by atoms with Gasteiger partial charge in [-0.3, -0.25) is 9.59 Å². The molecule has 7 nitrogen and oxygen atoms in total. The minimum atomic E-state index is -1.24. The Morgan fingerprint density at radius 2 is 1.80 bits per heavy atom. The summed E-state index contributed by atoms with van der Waals surface area (Å²) >= 11 is 0. The fourth-order valence-corrected chi connectivity index (χ4v) is 1.62. The molecular weight excluding hydrogens is 262 g/mol. The Labute approximate surface area is 115 Å². The molecule has 108 valence electrons. The maximum atomic E-state index is 11.9. The Hall–Kier alpha value is -2.41. The van der Waals surface area contributed by atoms with E-state index in [1.807, 2.05) is 0 Å². The van der Waals surface area contributed by atoms with E-state index in [-0.39, 0.29) is 12.8 Å². The maximum absolute atomic E-state index is 11.9. The SMILES string of the molecule is NC(=O)CC[C@H](NC(=O)C(N)c1ccccc1)C(=O)O. The topological polar surface area (TPSA) is 136 Å². The molecule has 1 aromatic rings. The van der Waals surface area contributed by atoms with Crippen LogP contribution < -0.4 is 16.8 Å². The molecule has 0 aromatic heterocycles. The van der Waals surface area contributed by atoms with Crippen LogP contribution in [0.1, 0.15) is 24.4 Å². The molecule has 2 amide bonds. The first kappa shape index (κ1) is 15.6. The first-order valence-corrected chi connectivity index (χ1v) is 6.04. The van der Waals surface area contributed by atoms with Crippen LogP contribution in [-0.4, -0.2) is 28.9 Å². The lowest BCUT2D eigenvalue weighted by Crippen LogP contribution is -2.45. The number of carboxylic acid groups (broad SMARTS) is 1. The molecule has 0 aliphatic carbocycles. The number of carboxylic acids is 1. The van der Waals surface area contributed by atoms with E-state index in [4.69, 9.17) is 16.6 Å². The zero-order valence-electron chi connectivity index (χ0n) is 10.8. The third kappa shape index (κ3) is 4.69. The van der Waals surface area contributed by atoms with Crippen LogP contribution in [0.3, 0.4) is 0 Å². The molecule has 0 aliphatic heterocycles. The zero-order valence-corrected chi connectivity index (χ0v) is 10.8. The number of nitrogens with one attached hydrogen (secondary N) is 1. The molecule has 0 fully saturated rings. The van der Waals surface area contributed by atoms with Crippen molar-refractivity contribution in [3.63, 3.8) is 0 Å². The summed E-state index contributed by atoms with van der Waals surface area (Å²) in [4.78, 5) is 33.5. The Kier molecular flexibility index (Phi) is 5.67. The molecule has 1 unspecified atom stereocenters. The van der Waals surface area contributed by atoms with E-state index in [1.165, 1.54) is 0 Å². The number of amides is 2. The summed E-state index contributed by atoms with van der Waals surface area (Å²) in [5.74, 6) is -2.48. The van der Waals surface area contributed by atoms with Gasteiger partial charge < -0.3 is 21.9 Å². The minimum absolute atomic E-state index is 0.0715. The highest BCUT2D eigenvalue weighted by Gasteiger charge is 2.24. The van der Waals surface area contributed by atoms with Crippen molar-refractivity contribution in [3.05, 3.63) is 35.9 Å². The van der Waals surface area contributed by atoms with Crippen LogP contribution in [0.5, 0.6) is 0 Å². The van der Waals surface area contributed by atoms with Gasteiger partial charge in [0.2, 0.25) is 11.8 Å². The van der Waals surface area contributed by atoms with E-state index < -0.39 is 29.9 Å². The van der Waals surface area contributed by atoms with Gasteiger partial charge in [-0.15, -0.1) is 0 Å². The summed E-state index contributed by atoms with van der Waals surface area (Å²) in [7, 11) is 0. The summed E-state index contributed by atoms with van der Waals surface area (Å²) in [6, 6.07) is 6.42. The van der Waals surface area contributed by atoms with Crippen LogP contribution >= 0.6 is 0 Å². The van der Waals surface area contributed by atoms with Gasteiger partial charge in [-0.05, 0) is 12.0 Å². The first-order chi connectivity index (χ1) is 9.41. The predicted molar refractivity (Wildman–Crippen MR) is 71.4 cm³/mol. The smallest absolute Gasteiger partial charge is 0.326 e. The van der Waals surface area contributed by atoms with Gasteiger partial charge in [0.25, 0.3) is 0 Å². The normalized spacial score (nSPS) is 13.2. The number of rotatable bonds is 7. The van der Waals surface area contributed by atoms with Gasteiger partial charge in [0.1, 0.15) is 12.1 Å². The third-order valence-electron chi connectivity index (χ3n) is 2.74. The minimum Gasteiger partial charge on any atom is -0.480 e. The number of hydrogen-bond donors (Lipinski definition) is 4. The van der Waals surface area contributed by atoms with Crippen molar-refractivity contribution in [2.75, 3.05) is 0 Å². The number of hydrogen-bond acceptors (Lipinski definition) is 4. The molecule has 1 rings (SSSR count). The molecule has 0 spiro atoms. The standard InChI is InChI=1S/C13H17N3O4/c14-10(17)7-6-9(13(19)20)16-12(18)11(15)8-4-2-1-3-5-8/h1-5,9,11H,6-7,15H2,(H2,14,17)(H,16,18)(H,19,20)/t9-,11?/m0/s1. The Bertz CT molecular complexity index is 490. The number of carbonyl (C=O) groups is 3. The number of carbonyl (C=O) groups excluding carboxylic acids is 2. The Balaban J connectivity index is 2.66. The van der Waals surface area contributed by atoms with Crippen molar-refractivity contribution in [1.29, 1.82) is 0 Å². The molecule has 20 heavy (non-hydrogen) atoms. The molecule has 1 aromatic carbocycles. The number of aliphatic carboxylic acids is 1. The monoisotopic (exact) mass is 279 g/mol. The second-order valence-electron chi connectivity index (χ2n) is 4.29. The molecule has 0 bridgehead atoms. The second kappa shape index (κ2) is 7.25. The summed E-state index contributed by atoms with van der Waals surface area (Å²) in [5.41, 5.74) is 11.3. The van der Waals surface area contributed by atoms with Crippen molar-refractivity contribution >= 4 is 17.8 Å². The van der Waals surface area contributed by atoms with Crippen LogP contribution in [0.2, 0.25) is 0 Å². The summed E-state index contributed by atoms with van der Waals surface area (Å²) in [6.07, 6.45) is -0.199. The predicted octanol–water partition coefficient (Wildman–Crippen LogP) is -0.479. The molecule has 0 saturated heterocycles. The largest absolute Gasteiger partial charge is 0.480 e. The van der Waals surface area contributed by atoms with Gasteiger partial charge in [-0.25, -0.2) is 4.79 Å². The molecule has 2 atom stereocenters. The summed E-state index contributed by atoms with van der Waals surface area (Å²) in [6.45, 7) is 0. The highest BCUT2D eigenvalue weighted by Crippen LogP contribution is 2.10. The molecule has 6 N–H and O–H groups in total. The highest BCUT2D eigenvalue weighted by atomic mass is 16.4. The fraction of sp³-hybridized carbons (Fsp3) is 0.308. The third-order valence-corrected chi connectivity index (χ3v) is 2.74. The average molecular weight is 279 g/mol. The Morgan fingerprint density at radius 3 is 2.30 bits per heavy atom. The number of benzene rings is 1. The molecule has 0 heterocycles. The van der Waals surface area contributed by atoms with Crippen molar-refractivity contribution in [1.82, 2.24) is 5.32 Å². The fourth-order valence-electron chi connectivity index (χ4n) is 1.62. The van der Waals surface area contributed by atoms with Gasteiger partial charge in [0.15, 0.2) is 0 Å². The van der Waals surface area contributed by atoms with Gasteiger partial charge in [-0.1, -0.05) is 30.3 Å². The van der Waals surface area contributed by atoms with E-state index in [0.717, 1.165) is 0 Å². The molecular formula is C13H17N3O4. The molecule has 0 saturated carbocycles. The lowest BCUT2D eigenvalue weighted by Gasteiger charge is -2.17. The number of primary amides is 1. The second-order valence-corrected chi connectivity index (χ2v) is 4.29. The van der Waals surface area contributed by atoms with Crippen molar-refractivity contribution < 1.29 is 19.5 Å². The highest BCUT2D eigenvalue weighted by molar-refractivity contribution is 5.88. The van der Waals surface area contributed by atoms with Crippen LogP contribution in [-0.2, 0) is 14.4 Å². The van der Waals surface area contributed by atoms with E-state index in [9.17, 15) is 14.4 Å². The van der Waals surface area contributed by atoms with Crippen LogP contribution in [0.15, 0.2) is 30.3 Å². The van der Waals surface area contributed by atoms with Gasteiger partial charge in [-0.2, -0.15) is 0 Å². The van der Waals surface area contributed by atoms with Gasteiger partial charge >= 0.3 is 5.97 Å². The Morgan fingerprint density at radius 1 is 1.20 bits per heavy atom. The quantitative estimate of drug-likeness (QED) is 0.534.